The monoisotopic (exact) mass is 535 g/mol. The molecule has 29 heavy (non-hydrogen) atoms. The zero-order valence-corrected chi connectivity index (χ0v) is 22.0. The molecule has 0 spiro atoms. The van der Waals surface area contributed by atoms with E-state index in [-0.39, 0.29) is 24.0 Å². The third-order valence-corrected chi connectivity index (χ3v) is 6.61. The van der Waals surface area contributed by atoms with Gasteiger partial charge in [-0.1, -0.05) is 25.3 Å². The van der Waals surface area contributed by atoms with Gasteiger partial charge in [-0.05, 0) is 77.3 Å². The quantitative estimate of drug-likeness (QED) is 0.191. The van der Waals surface area contributed by atoms with Crippen LogP contribution >= 0.6 is 35.3 Å². The summed E-state index contributed by atoms with van der Waals surface area (Å²) in [6.07, 6.45) is 9.06. The number of likely N-dealkylation sites (tertiary alicyclic amines) is 1. The molecule has 1 fully saturated rings. The van der Waals surface area contributed by atoms with Crippen LogP contribution in [0.4, 0.5) is 0 Å². The highest BCUT2D eigenvalue weighted by molar-refractivity contribution is 14.0. The topological polar surface area (TPSA) is 42.9 Å². The lowest BCUT2D eigenvalue weighted by Gasteiger charge is -2.39. The maximum absolute atomic E-state index is 4.42. The minimum absolute atomic E-state index is 0. The van der Waals surface area contributed by atoms with Crippen LogP contribution in [0, 0.1) is 5.92 Å². The van der Waals surface area contributed by atoms with Crippen molar-refractivity contribution in [2.45, 2.75) is 51.0 Å². The molecule has 1 aromatic heterocycles. The van der Waals surface area contributed by atoms with Crippen LogP contribution in [-0.4, -0.2) is 70.1 Å². The standard InChI is InChI=1S/C22H41N5S.HI/c1-23-22(24-14-8-6-5-7-9-15-26(2)3)25-18-19-12-10-16-27(4)21(19)20-13-11-17-28-20;/h11,13,17,19,21H,5-10,12,14-16,18H2,1-4H3,(H2,23,24,25);1H. The van der Waals surface area contributed by atoms with E-state index in [1.54, 1.807) is 0 Å². The lowest BCUT2D eigenvalue weighted by Crippen LogP contribution is -2.45. The third-order valence-electron chi connectivity index (χ3n) is 5.67. The molecule has 2 unspecified atom stereocenters. The Morgan fingerprint density at radius 3 is 2.66 bits per heavy atom. The van der Waals surface area contributed by atoms with Gasteiger partial charge >= 0.3 is 0 Å². The predicted octanol–water partition coefficient (Wildman–Crippen LogP) is 4.43. The zero-order chi connectivity index (χ0) is 20.2. The second-order valence-electron chi connectivity index (χ2n) is 8.29. The summed E-state index contributed by atoms with van der Waals surface area (Å²) in [6.45, 7) is 4.39. The number of unbranched alkanes of at least 4 members (excludes halogenated alkanes) is 4. The molecule has 1 aliphatic rings. The maximum atomic E-state index is 4.42. The van der Waals surface area contributed by atoms with Gasteiger partial charge in [-0.2, -0.15) is 0 Å². The van der Waals surface area contributed by atoms with Gasteiger partial charge in [-0.15, -0.1) is 35.3 Å². The number of thiophene rings is 1. The molecule has 2 heterocycles. The number of nitrogens with zero attached hydrogens (tertiary/aromatic N) is 3. The van der Waals surface area contributed by atoms with Crippen molar-refractivity contribution < 1.29 is 0 Å². The van der Waals surface area contributed by atoms with Crippen molar-refractivity contribution in [3.8, 4) is 0 Å². The fourth-order valence-electron chi connectivity index (χ4n) is 4.12. The predicted molar refractivity (Wildman–Crippen MR) is 139 cm³/mol. The molecule has 2 atom stereocenters. The fourth-order valence-corrected chi connectivity index (χ4v) is 5.10. The number of aliphatic imine (C=N–C) groups is 1. The summed E-state index contributed by atoms with van der Waals surface area (Å²) in [5.41, 5.74) is 0. The van der Waals surface area contributed by atoms with Gasteiger partial charge in [-0.25, -0.2) is 0 Å². The highest BCUT2D eigenvalue weighted by Crippen LogP contribution is 2.36. The number of guanidine groups is 1. The Morgan fingerprint density at radius 2 is 1.97 bits per heavy atom. The van der Waals surface area contributed by atoms with E-state index in [1.165, 1.54) is 62.9 Å². The van der Waals surface area contributed by atoms with E-state index < -0.39 is 0 Å². The van der Waals surface area contributed by atoms with Gasteiger partial charge in [0.2, 0.25) is 0 Å². The minimum atomic E-state index is 0. The van der Waals surface area contributed by atoms with Crippen LogP contribution in [0.15, 0.2) is 22.5 Å². The number of rotatable bonds is 11. The van der Waals surface area contributed by atoms with Crippen molar-refractivity contribution in [2.24, 2.45) is 10.9 Å². The second kappa shape index (κ2) is 15.4. The van der Waals surface area contributed by atoms with Crippen LogP contribution in [0.2, 0.25) is 0 Å². The highest BCUT2D eigenvalue weighted by Gasteiger charge is 2.31. The average molecular weight is 536 g/mol. The fraction of sp³-hybridized carbons (Fsp3) is 0.773. The van der Waals surface area contributed by atoms with Gasteiger partial charge in [0.05, 0.1) is 0 Å². The summed E-state index contributed by atoms with van der Waals surface area (Å²) < 4.78 is 0. The van der Waals surface area contributed by atoms with E-state index in [1.807, 2.05) is 18.4 Å². The lowest BCUT2D eigenvalue weighted by molar-refractivity contribution is 0.125. The van der Waals surface area contributed by atoms with Crippen LogP contribution in [0.3, 0.4) is 0 Å². The normalized spacial score (nSPS) is 20.5. The van der Waals surface area contributed by atoms with Gasteiger partial charge in [0.1, 0.15) is 0 Å². The van der Waals surface area contributed by atoms with Crippen molar-refractivity contribution in [2.75, 3.05) is 54.4 Å². The molecular weight excluding hydrogens is 493 g/mol. The molecule has 2 N–H and O–H groups in total. The molecule has 0 amide bonds. The Morgan fingerprint density at radius 1 is 1.21 bits per heavy atom. The van der Waals surface area contributed by atoms with E-state index in [0.29, 0.717) is 12.0 Å². The van der Waals surface area contributed by atoms with E-state index in [2.05, 4.69) is 64.1 Å². The largest absolute Gasteiger partial charge is 0.356 e. The van der Waals surface area contributed by atoms with Crippen molar-refractivity contribution >= 4 is 41.3 Å². The van der Waals surface area contributed by atoms with Gasteiger partial charge in [0.25, 0.3) is 0 Å². The van der Waals surface area contributed by atoms with E-state index in [0.717, 1.165) is 19.0 Å². The van der Waals surface area contributed by atoms with Gasteiger partial charge in [0, 0.05) is 31.1 Å². The van der Waals surface area contributed by atoms with E-state index >= 15 is 0 Å². The first-order valence-corrected chi connectivity index (χ1v) is 11.8. The zero-order valence-electron chi connectivity index (χ0n) is 18.8. The molecule has 0 saturated carbocycles. The Labute approximate surface area is 199 Å². The van der Waals surface area contributed by atoms with Crippen molar-refractivity contribution in [3.63, 3.8) is 0 Å². The third kappa shape index (κ3) is 9.98. The average Bonchev–Trinajstić information content (AvgIpc) is 3.20. The summed E-state index contributed by atoms with van der Waals surface area (Å²) in [4.78, 5) is 10.7. The van der Waals surface area contributed by atoms with Crippen LogP contribution in [0.1, 0.15) is 55.9 Å². The minimum Gasteiger partial charge on any atom is -0.356 e. The first kappa shape index (κ1) is 26.7. The Hall–Kier alpha value is -0.380. The second-order valence-corrected chi connectivity index (χ2v) is 9.27. The highest BCUT2D eigenvalue weighted by atomic mass is 127. The van der Waals surface area contributed by atoms with E-state index in [9.17, 15) is 0 Å². The van der Waals surface area contributed by atoms with E-state index in [4.69, 9.17) is 0 Å². The smallest absolute Gasteiger partial charge is 0.190 e. The Bertz CT molecular complexity index is 549. The molecule has 1 saturated heterocycles. The molecular formula is C22H42IN5S. The van der Waals surface area contributed by atoms with Crippen LogP contribution in [-0.2, 0) is 0 Å². The molecule has 2 rings (SSSR count). The molecule has 5 nitrogen and oxygen atoms in total. The summed E-state index contributed by atoms with van der Waals surface area (Å²) in [5.74, 6) is 1.58. The first-order valence-electron chi connectivity index (χ1n) is 10.9. The van der Waals surface area contributed by atoms with Crippen LogP contribution in [0.5, 0.6) is 0 Å². The molecule has 0 bridgehead atoms. The SMILES string of the molecule is CN=C(NCCCCCCCN(C)C)NCC1CCCN(C)C1c1cccs1.I. The number of nitrogens with one attached hydrogen (secondary N) is 2. The summed E-state index contributed by atoms with van der Waals surface area (Å²) in [7, 11) is 8.44. The van der Waals surface area contributed by atoms with Crippen LogP contribution in [0.25, 0.3) is 0 Å². The van der Waals surface area contributed by atoms with Gasteiger partial charge < -0.3 is 15.5 Å². The molecule has 168 valence electrons. The Kier molecular flexibility index (Phi) is 14.2. The number of piperidine rings is 1. The Balaban J connectivity index is 0.00000420. The molecule has 0 aliphatic carbocycles. The summed E-state index contributed by atoms with van der Waals surface area (Å²) in [5, 5.41) is 9.28. The summed E-state index contributed by atoms with van der Waals surface area (Å²) >= 11 is 1.89. The number of halogens is 1. The maximum Gasteiger partial charge on any atom is 0.190 e. The molecule has 7 heteroatoms. The lowest BCUT2D eigenvalue weighted by atomic mass is 9.88. The van der Waals surface area contributed by atoms with Gasteiger partial charge in [-0.3, -0.25) is 9.89 Å². The van der Waals surface area contributed by atoms with Gasteiger partial charge in [0.15, 0.2) is 5.96 Å². The number of hydrogen-bond donors (Lipinski definition) is 2. The summed E-state index contributed by atoms with van der Waals surface area (Å²) in [6, 6.07) is 4.99. The number of hydrogen-bond acceptors (Lipinski definition) is 4. The molecule has 1 aliphatic heterocycles. The van der Waals surface area contributed by atoms with Crippen molar-refractivity contribution in [3.05, 3.63) is 22.4 Å². The first-order chi connectivity index (χ1) is 13.6. The molecule has 0 radical (unpaired) electrons. The van der Waals surface area contributed by atoms with Crippen LogP contribution < -0.4 is 10.6 Å². The van der Waals surface area contributed by atoms with Crippen molar-refractivity contribution in [1.29, 1.82) is 0 Å². The molecule has 0 aromatic carbocycles. The van der Waals surface area contributed by atoms with Crippen molar-refractivity contribution in [1.82, 2.24) is 20.4 Å². The molecule has 1 aromatic rings.